The minimum absolute atomic E-state index is 0.154. The molecule has 0 amide bonds. The van der Waals surface area contributed by atoms with Crippen LogP contribution in [0.15, 0.2) is 58.6 Å². The van der Waals surface area contributed by atoms with Gasteiger partial charge in [-0.3, -0.25) is 0 Å². The lowest BCUT2D eigenvalue weighted by atomic mass is 10.1. The average Bonchev–Trinajstić information content (AvgIpc) is 2.54. The first-order valence-electron chi connectivity index (χ1n) is 7.01. The smallest absolute Gasteiger partial charge is 0.179 e. The molecule has 2 aromatic rings. The Hall–Kier alpha value is -2.34. The molecular formula is C17H19NO4S. The molecule has 0 bridgehead atoms. The van der Waals surface area contributed by atoms with Gasteiger partial charge in [0.2, 0.25) is 0 Å². The van der Waals surface area contributed by atoms with Crippen LogP contribution in [0, 0.1) is 0 Å². The molecule has 0 aliphatic rings. The molecule has 122 valence electrons. The molecule has 2 rings (SSSR count). The molecule has 0 heterocycles. The van der Waals surface area contributed by atoms with Crippen LogP contribution >= 0.6 is 0 Å². The molecule has 0 saturated heterocycles. The monoisotopic (exact) mass is 333 g/mol. The maximum Gasteiger partial charge on any atom is 0.179 e. The minimum atomic E-state index is -3.34. The molecule has 0 aliphatic heterocycles. The summed E-state index contributed by atoms with van der Waals surface area (Å²) in [6, 6.07) is 14.6. The van der Waals surface area contributed by atoms with E-state index in [9.17, 15) is 8.42 Å². The number of ether oxygens (including phenoxy) is 1. The van der Waals surface area contributed by atoms with Gasteiger partial charge in [-0.25, -0.2) is 8.42 Å². The van der Waals surface area contributed by atoms with Crippen LogP contribution in [0.3, 0.4) is 0 Å². The van der Waals surface area contributed by atoms with Crippen LogP contribution in [0.1, 0.15) is 18.1 Å². The van der Waals surface area contributed by atoms with Gasteiger partial charge in [0.25, 0.3) is 0 Å². The molecule has 6 heteroatoms. The fourth-order valence-corrected chi connectivity index (χ4v) is 2.85. The van der Waals surface area contributed by atoms with E-state index < -0.39 is 9.84 Å². The van der Waals surface area contributed by atoms with Crippen LogP contribution in [0.4, 0.5) is 0 Å². The number of hydrogen-bond acceptors (Lipinski definition) is 5. The van der Waals surface area contributed by atoms with E-state index in [1.165, 1.54) is 13.2 Å². The van der Waals surface area contributed by atoms with Gasteiger partial charge < -0.3 is 9.57 Å². The van der Waals surface area contributed by atoms with Crippen LogP contribution in [0.2, 0.25) is 0 Å². The van der Waals surface area contributed by atoms with Crippen LogP contribution < -0.4 is 4.74 Å². The van der Waals surface area contributed by atoms with Gasteiger partial charge in [-0.15, -0.1) is 0 Å². The third-order valence-corrected chi connectivity index (χ3v) is 4.39. The number of benzene rings is 2. The third-order valence-electron chi connectivity index (χ3n) is 3.26. The van der Waals surface area contributed by atoms with Crippen molar-refractivity contribution in [3.63, 3.8) is 0 Å². The van der Waals surface area contributed by atoms with Gasteiger partial charge in [-0.2, -0.15) is 0 Å². The summed E-state index contributed by atoms with van der Waals surface area (Å²) in [7, 11) is -1.90. The lowest BCUT2D eigenvalue weighted by molar-refractivity contribution is 0.130. The summed E-state index contributed by atoms with van der Waals surface area (Å²) < 4.78 is 28.5. The summed E-state index contributed by atoms with van der Waals surface area (Å²) in [4.78, 5) is 5.49. The van der Waals surface area contributed by atoms with Crippen LogP contribution in [-0.4, -0.2) is 27.5 Å². The van der Waals surface area contributed by atoms with Gasteiger partial charge in [0, 0.05) is 11.8 Å². The van der Waals surface area contributed by atoms with Gasteiger partial charge in [0.05, 0.1) is 12.8 Å². The fraction of sp³-hybridized carbons (Fsp3) is 0.235. The Bertz CT molecular complexity index is 799. The highest BCUT2D eigenvalue weighted by atomic mass is 32.2. The number of hydrogen-bond donors (Lipinski definition) is 0. The standard InChI is InChI=1S/C17H19NO4S/c1-13(18-22-12-14-7-5-4-6-8-14)15-9-10-17(23(3,19)20)16(11-15)21-2/h4-11H,12H2,1-3H3/b18-13+. The third kappa shape index (κ3) is 4.56. The Morgan fingerprint density at radius 3 is 2.43 bits per heavy atom. The summed E-state index contributed by atoms with van der Waals surface area (Å²) >= 11 is 0. The molecule has 5 nitrogen and oxygen atoms in total. The van der Waals surface area contributed by atoms with Gasteiger partial charge in [-0.05, 0) is 24.6 Å². The van der Waals surface area contributed by atoms with Crippen molar-refractivity contribution in [2.75, 3.05) is 13.4 Å². The Morgan fingerprint density at radius 2 is 1.83 bits per heavy atom. The molecule has 0 aromatic heterocycles. The summed E-state index contributed by atoms with van der Waals surface area (Å²) in [6.45, 7) is 2.16. The largest absolute Gasteiger partial charge is 0.495 e. The quantitative estimate of drug-likeness (QED) is 0.602. The molecule has 0 atom stereocenters. The highest BCUT2D eigenvalue weighted by Crippen LogP contribution is 2.25. The van der Waals surface area contributed by atoms with Gasteiger partial charge >= 0.3 is 0 Å². The van der Waals surface area contributed by atoms with E-state index in [1.54, 1.807) is 19.1 Å². The van der Waals surface area contributed by atoms with E-state index in [0.717, 1.165) is 17.4 Å². The molecule has 0 spiro atoms. The first-order valence-corrected chi connectivity index (χ1v) is 8.90. The lowest BCUT2D eigenvalue weighted by Crippen LogP contribution is -2.03. The maximum atomic E-state index is 11.7. The molecule has 0 radical (unpaired) electrons. The highest BCUT2D eigenvalue weighted by molar-refractivity contribution is 7.90. The number of oxime groups is 1. The normalized spacial score (nSPS) is 12.0. The predicted molar refractivity (Wildman–Crippen MR) is 89.5 cm³/mol. The molecular weight excluding hydrogens is 314 g/mol. The molecule has 0 aliphatic carbocycles. The minimum Gasteiger partial charge on any atom is -0.495 e. The fourth-order valence-electron chi connectivity index (χ4n) is 2.03. The van der Waals surface area contributed by atoms with E-state index in [4.69, 9.17) is 9.57 Å². The van der Waals surface area contributed by atoms with Gasteiger partial charge in [0.15, 0.2) is 9.84 Å². The molecule has 0 unspecified atom stereocenters. The molecule has 23 heavy (non-hydrogen) atoms. The van der Waals surface area contributed by atoms with Crippen molar-refractivity contribution in [3.8, 4) is 5.75 Å². The van der Waals surface area contributed by atoms with Crippen molar-refractivity contribution in [3.05, 3.63) is 59.7 Å². The number of sulfone groups is 1. The van der Waals surface area contributed by atoms with Gasteiger partial charge in [-0.1, -0.05) is 41.6 Å². The summed E-state index contributed by atoms with van der Waals surface area (Å²) in [5.74, 6) is 0.294. The van der Waals surface area contributed by atoms with Crippen molar-refractivity contribution in [1.82, 2.24) is 0 Å². The summed E-state index contributed by atoms with van der Waals surface area (Å²) in [6.07, 6.45) is 1.15. The summed E-state index contributed by atoms with van der Waals surface area (Å²) in [5, 5.41) is 4.07. The number of rotatable bonds is 6. The van der Waals surface area contributed by atoms with Crippen LogP contribution in [-0.2, 0) is 21.3 Å². The van der Waals surface area contributed by atoms with E-state index in [-0.39, 0.29) is 4.90 Å². The van der Waals surface area contributed by atoms with Gasteiger partial charge in [0.1, 0.15) is 17.3 Å². The summed E-state index contributed by atoms with van der Waals surface area (Å²) in [5.41, 5.74) is 2.40. The van der Waals surface area contributed by atoms with Crippen molar-refractivity contribution in [2.45, 2.75) is 18.4 Å². The second-order valence-corrected chi connectivity index (χ2v) is 7.06. The Morgan fingerprint density at radius 1 is 1.13 bits per heavy atom. The van der Waals surface area contributed by atoms with Crippen molar-refractivity contribution in [1.29, 1.82) is 0 Å². The first-order chi connectivity index (χ1) is 10.9. The maximum absolute atomic E-state index is 11.7. The Balaban J connectivity index is 2.16. The zero-order chi connectivity index (χ0) is 16.9. The second-order valence-electron chi connectivity index (χ2n) is 5.07. The zero-order valence-electron chi connectivity index (χ0n) is 13.3. The second kappa shape index (κ2) is 7.28. The predicted octanol–water partition coefficient (Wildman–Crippen LogP) is 3.04. The first kappa shape index (κ1) is 17.0. The Labute approximate surface area is 136 Å². The number of nitrogens with zero attached hydrogens (tertiary/aromatic N) is 1. The lowest BCUT2D eigenvalue weighted by Gasteiger charge is -2.09. The van der Waals surface area contributed by atoms with E-state index in [0.29, 0.717) is 18.1 Å². The zero-order valence-corrected chi connectivity index (χ0v) is 14.1. The van der Waals surface area contributed by atoms with Crippen molar-refractivity contribution < 1.29 is 18.0 Å². The van der Waals surface area contributed by atoms with Crippen LogP contribution in [0.25, 0.3) is 0 Å². The van der Waals surface area contributed by atoms with E-state index in [1.807, 2.05) is 30.3 Å². The highest BCUT2D eigenvalue weighted by Gasteiger charge is 2.15. The molecule has 2 aromatic carbocycles. The Kier molecular flexibility index (Phi) is 5.39. The SMILES string of the molecule is COc1cc(/C(C)=N/OCc2ccccc2)ccc1S(C)(=O)=O. The number of methoxy groups -OCH3 is 1. The van der Waals surface area contributed by atoms with Crippen LogP contribution in [0.5, 0.6) is 5.75 Å². The van der Waals surface area contributed by atoms with E-state index >= 15 is 0 Å². The molecule has 0 fully saturated rings. The van der Waals surface area contributed by atoms with Crippen molar-refractivity contribution >= 4 is 15.5 Å². The molecule has 0 N–H and O–H groups in total. The van der Waals surface area contributed by atoms with E-state index in [2.05, 4.69) is 5.16 Å². The van der Waals surface area contributed by atoms with Crippen molar-refractivity contribution in [2.24, 2.45) is 5.16 Å². The average molecular weight is 333 g/mol. The topological polar surface area (TPSA) is 65.0 Å². The molecule has 0 saturated carbocycles.